The monoisotopic (exact) mass is 533 g/mol. The van der Waals surface area contributed by atoms with Crippen molar-refractivity contribution in [1.82, 2.24) is 0 Å². The van der Waals surface area contributed by atoms with Gasteiger partial charge in [0.15, 0.2) is 11.3 Å². The molecule has 40 heavy (non-hydrogen) atoms. The van der Waals surface area contributed by atoms with E-state index >= 15 is 0 Å². The molecule has 1 saturated carbocycles. The number of hydrogen-bond acceptors (Lipinski definition) is 5. The Kier molecular flexibility index (Phi) is 7.08. The number of nitrogens with zero attached hydrogens (tertiary/aromatic N) is 1. The van der Waals surface area contributed by atoms with Crippen molar-refractivity contribution in [2.45, 2.75) is 44.1 Å². The van der Waals surface area contributed by atoms with E-state index in [1.54, 1.807) is 24.4 Å². The summed E-state index contributed by atoms with van der Waals surface area (Å²) in [4.78, 5) is 29.3. The second-order valence-corrected chi connectivity index (χ2v) is 10.7. The molecule has 6 nitrogen and oxygen atoms in total. The van der Waals surface area contributed by atoms with Crippen LogP contribution in [-0.4, -0.2) is 29.7 Å². The molecule has 1 aromatic heterocycles. The van der Waals surface area contributed by atoms with Crippen LogP contribution in [0.4, 0.5) is 0 Å². The number of carbonyl (C=O) groups is 2. The Morgan fingerprint density at radius 2 is 1.85 bits per heavy atom. The van der Waals surface area contributed by atoms with Gasteiger partial charge in [-0.25, -0.2) is 0 Å². The molecule has 1 aliphatic carbocycles. The van der Waals surface area contributed by atoms with E-state index in [0.29, 0.717) is 18.9 Å². The van der Waals surface area contributed by atoms with Crippen LogP contribution in [0.5, 0.6) is 5.75 Å². The molecule has 1 aliphatic heterocycles. The molecule has 1 unspecified atom stereocenters. The van der Waals surface area contributed by atoms with Crippen LogP contribution in [0.15, 0.2) is 94.6 Å². The Hall–Kier alpha value is -4.45. The van der Waals surface area contributed by atoms with Gasteiger partial charge >= 0.3 is 5.97 Å². The standard InChI is InChI=1S/C34H31NO5/c36-32(37)15-9-23-8-14-30(40-22-24-5-1-2-6-24)29(19-23)26-11-10-25-12-13-28(21-27(25)20-26)34(16-4-17-35-34)33(38)31-7-3-18-39-31/h3-4,7-8,10-14,16-21,24H,1-2,5-6,9,15,22H2,(H,36,37). The van der Waals surface area contributed by atoms with E-state index in [1.807, 2.05) is 42.5 Å². The zero-order valence-corrected chi connectivity index (χ0v) is 22.2. The number of Topliss-reactive ketones (excluding diaryl/α,β-unsaturated/α-hetero) is 1. The second kappa shape index (κ2) is 11.0. The van der Waals surface area contributed by atoms with Crippen molar-refractivity contribution in [3.05, 3.63) is 102 Å². The average molecular weight is 534 g/mol. The quantitative estimate of drug-likeness (QED) is 0.215. The molecule has 0 radical (unpaired) electrons. The molecule has 1 atom stereocenters. The van der Waals surface area contributed by atoms with Crippen molar-refractivity contribution in [1.29, 1.82) is 0 Å². The highest BCUT2D eigenvalue weighted by Crippen LogP contribution is 2.38. The highest BCUT2D eigenvalue weighted by molar-refractivity contribution is 6.06. The molecular weight excluding hydrogens is 502 g/mol. The lowest BCUT2D eigenvalue weighted by Crippen LogP contribution is -2.30. The van der Waals surface area contributed by atoms with Crippen molar-refractivity contribution < 1.29 is 23.8 Å². The highest BCUT2D eigenvalue weighted by atomic mass is 16.5. The first-order chi connectivity index (χ1) is 19.5. The van der Waals surface area contributed by atoms with E-state index in [9.17, 15) is 14.7 Å². The number of benzene rings is 3. The number of rotatable bonds is 10. The van der Waals surface area contributed by atoms with E-state index in [1.165, 1.54) is 31.9 Å². The van der Waals surface area contributed by atoms with Crippen molar-refractivity contribution in [3.63, 3.8) is 0 Å². The fourth-order valence-electron chi connectivity index (χ4n) is 5.79. The summed E-state index contributed by atoms with van der Waals surface area (Å²) >= 11 is 0. The van der Waals surface area contributed by atoms with Crippen molar-refractivity contribution in [3.8, 4) is 16.9 Å². The summed E-state index contributed by atoms with van der Waals surface area (Å²) in [6.07, 6.45) is 12.2. The minimum atomic E-state index is -1.17. The number of aliphatic carboxylic acids is 1. The minimum absolute atomic E-state index is 0.0720. The molecule has 3 aromatic carbocycles. The zero-order valence-electron chi connectivity index (χ0n) is 22.2. The Balaban J connectivity index is 1.39. The first kappa shape index (κ1) is 25.8. The molecule has 6 rings (SSSR count). The van der Waals surface area contributed by atoms with Crippen molar-refractivity contribution >= 4 is 28.7 Å². The van der Waals surface area contributed by atoms with Gasteiger partial charge in [0.25, 0.3) is 0 Å². The molecule has 1 fully saturated rings. The molecule has 0 spiro atoms. The van der Waals surface area contributed by atoms with E-state index in [0.717, 1.165) is 38.8 Å². The van der Waals surface area contributed by atoms with Crippen molar-refractivity contribution in [2.75, 3.05) is 6.61 Å². The summed E-state index contributed by atoms with van der Waals surface area (Å²) in [6.45, 7) is 0.681. The van der Waals surface area contributed by atoms with Crippen LogP contribution in [0.2, 0.25) is 0 Å². The minimum Gasteiger partial charge on any atom is -0.493 e. The first-order valence-corrected chi connectivity index (χ1v) is 13.9. The van der Waals surface area contributed by atoms with E-state index < -0.39 is 11.5 Å². The van der Waals surface area contributed by atoms with Gasteiger partial charge in [-0.15, -0.1) is 0 Å². The summed E-state index contributed by atoms with van der Waals surface area (Å²) < 4.78 is 11.8. The number of aryl methyl sites for hydroxylation is 1. The molecular formula is C34H31NO5. The number of ether oxygens (including phenoxy) is 1. The fourth-order valence-corrected chi connectivity index (χ4v) is 5.79. The molecule has 1 N–H and O–H groups in total. The predicted octanol–water partition coefficient (Wildman–Crippen LogP) is 7.40. The summed E-state index contributed by atoms with van der Waals surface area (Å²) in [5.74, 6) is 0.602. The maximum atomic E-state index is 13.5. The van der Waals surface area contributed by atoms with Crippen molar-refractivity contribution in [2.24, 2.45) is 10.9 Å². The summed E-state index contributed by atoms with van der Waals surface area (Å²) in [5, 5.41) is 11.2. The molecule has 4 aromatic rings. The Morgan fingerprint density at radius 1 is 1.00 bits per heavy atom. The van der Waals surface area contributed by atoms with Gasteiger partial charge in [0.1, 0.15) is 5.75 Å². The number of ketones is 1. The number of carboxylic acids is 1. The van der Waals surface area contributed by atoms with Crippen LogP contribution < -0.4 is 4.74 Å². The highest BCUT2D eigenvalue weighted by Gasteiger charge is 2.40. The van der Waals surface area contributed by atoms with Crippen LogP contribution in [-0.2, 0) is 16.8 Å². The zero-order chi connectivity index (χ0) is 27.5. The molecule has 2 heterocycles. The van der Waals surface area contributed by atoms with E-state index in [4.69, 9.17) is 9.15 Å². The number of fused-ring (bicyclic) bond motifs is 1. The topological polar surface area (TPSA) is 89.1 Å². The van der Waals surface area contributed by atoms with Crippen LogP contribution in [0.1, 0.15) is 53.8 Å². The number of carboxylic acid groups (broad SMARTS) is 1. The largest absolute Gasteiger partial charge is 0.493 e. The molecule has 0 bridgehead atoms. The van der Waals surface area contributed by atoms with Gasteiger partial charge in [0, 0.05) is 18.2 Å². The van der Waals surface area contributed by atoms with E-state index in [2.05, 4.69) is 23.2 Å². The predicted molar refractivity (Wildman–Crippen MR) is 155 cm³/mol. The van der Waals surface area contributed by atoms with Crippen LogP contribution in [0.25, 0.3) is 21.9 Å². The molecule has 0 amide bonds. The Morgan fingerprint density at radius 3 is 2.60 bits per heavy atom. The van der Waals surface area contributed by atoms with Crippen LogP contribution in [0, 0.1) is 5.92 Å². The second-order valence-electron chi connectivity index (χ2n) is 10.7. The fraction of sp³-hybridized carbons (Fsp3) is 0.265. The molecule has 2 aliphatic rings. The third kappa shape index (κ3) is 5.09. The third-order valence-corrected chi connectivity index (χ3v) is 8.00. The van der Waals surface area contributed by atoms with Gasteiger partial charge < -0.3 is 14.3 Å². The van der Waals surface area contributed by atoms with Gasteiger partial charge in [0.2, 0.25) is 5.78 Å². The lowest BCUT2D eigenvalue weighted by molar-refractivity contribution is -0.136. The molecule has 0 saturated heterocycles. The summed E-state index contributed by atoms with van der Waals surface area (Å²) in [7, 11) is 0. The average Bonchev–Trinajstić information content (AvgIpc) is 3.78. The third-order valence-electron chi connectivity index (χ3n) is 8.00. The number of allylic oxidation sites excluding steroid dienone is 1. The first-order valence-electron chi connectivity index (χ1n) is 13.9. The van der Waals surface area contributed by atoms with E-state index in [-0.39, 0.29) is 18.0 Å². The SMILES string of the molecule is O=C(O)CCc1ccc(OCC2CCCC2)c(-c2ccc3ccc(C4(C(=O)c5ccco5)C=CC=N4)cc3c2)c1. The molecule has 202 valence electrons. The van der Waals surface area contributed by atoms with Gasteiger partial charge in [-0.1, -0.05) is 43.2 Å². The summed E-state index contributed by atoms with van der Waals surface area (Å²) in [6, 6.07) is 21.5. The van der Waals surface area contributed by atoms with Crippen LogP contribution >= 0.6 is 0 Å². The molecule has 6 heteroatoms. The maximum Gasteiger partial charge on any atom is 0.303 e. The number of carbonyl (C=O) groups excluding carboxylic acids is 1. The van der Waals surface area contributed by atoms with Gasteiger partial charge in [-0.3, -0.25) is 14.6 Å². The number of furan rings is 1. The smallest absolute Gasteiger partial charge is 0.303 e. The van der Waals surface area contributed by atoms with Crippen LogP contribution in [0.3, 0.4) is 0 Å². The Bertz CT molecular complexity index is 1600. The van der Waals surface area contributed by atoms with Gasteiger partial charge in [-0.2, -0.15) is 0 Å². The lowest BCUT2D eigenvalue weighted by Gasteiger charge is -2.23. The maximum absolute atomic E-state index is 13.5. The lowest BCUT2D eigenvalue weighted by atomic mass is 9.84. The van der Waals surface area contributed by atoms with Gasteiger partial charge in [-0.05, 0) is 101 Å². The normalized spacial score (nSPS) is 18.5. The Labute approximate surface area is 233 Å². The number of aliphatic imine (C=N–C) groups is 1. The number of hydrogen-bond donors (Lipinski definition) is 1. The summed E-state index contributed by atoms with van der Waals surface area (Å²) in [5.41, 5.74) is 2.45. The van der Waals surface area contributed by atoms with Gasteiger partial charge in [0.05, 0.1) is 12.9 Å².